The second-order valence-electron chi connectivity index (χ2n) is 6.54. The summed E-state index contributed by atoms with van der Waals surface area (Å²) in [5.41, 5.74) is 3.12. The van der Waals surface area contributed by atoms with Gasteiger partial charge in [-0.25, -0.2) is 4.68 Å². The molecule has 29 heavy (non-hydrogen) atoms. The maximum absolute atomic E-state index is 5.88. The Morgan fingerprint density at radius 2 is 1.93 bits per heavy atom. The van der Waals surface area contributed by atoms with Crippen LogP contribution in [0.2, 0.25) is 0 Å². The SMILES string of the molecule is COc1ccc(Cn2nnnc2SC(C)c2nnc(-c3cccc(C)c3)o2)cc1. The minimum Gasteiger partial charge on any atom is -0.497 e. The van der Waals surface area contributed by atoms with Crippen molar-refractivity contribution in [3.63, 3.8) is 0 Å². The largest absolute Gasteiger partial charge is 0.497 e. The van der Waals surface area contributed by atoms with Crippen molar-refractivity contribution in [2.24, 2.45) is 0 Å². The second kappa shape index (κ2) is 8.44. The van der Waals surface area contributed by atoms with Gasteiger partial charge in [0.2, 0.25) is 16.9 Å². The van der Waals surface area contributed by atoms with Crippen LogP contribution in [-0.4, -0.2) is 37.5 Å². The number of benzene rings is 2. The minimum atomic E-state index is -0.0957. The molecule has 0 spiro atoms. The lowest BCUT2D eigenvalue weighted by Crippen LogP contribution is -2.04. The summed E-state index contributed by atoms with van der Waals surface area (Å²) in [6.45, 7) is 4.58. The summed E-state index contributed by atoms with van der Waals surface area (Å²) in [6.07, 6.45) is 0. The molecule has 0 saturated carbocycles. The molecular formula is C20H20N6O2S. The Labute approximate surface area is 172 Å². The first-order valence-corrected chi connectivity index (χ1v) is 9.96. The van der Waals surface area contributed by atoms with Gasteiger partial charge in [0.25, 0.3) is 0 Å². The average molecular weight is 408 g/mol. The number of hydrogen-bond acceptors (Lipinski definition) is 8. The van der Waals surface area contributed by atoms with Crippen molar-refractivity contribution >= 4 is 11.8 Å². The first kappa shape index (κ1) is 19.1. The molecule has 0 bridgehead atoms. The first-order chi connectivity index (χ1) is 14.1. The summed E-state index contributed by atoms with van der Waals surface area (Å²) in [5.74, 6) is 1.86. The van der Waals surface area contributed by atoms with Crippen LogP contribution in [0.15, 0.2) is 58.1 Å². The van der Waals surface area contributed by atoms with Gasteiger partial charge in [0.1, 0.15) is 5.75 Å². The predicted octanol–water partition coefficient (Wildman–Crippen LogP) is 3.94. The number of hydrogen-bond donors (Lipinski definition) is 0. The van der Waals surface area contributed by atoms with Crippen molar-refractivity contribution in [3.8, 4) is 17.2 Å². The molecule has 2 heterocycles. The lowest BCUT2D eigenvalue weighted by Gasteiger charge is -2.08. The van der Waals surface area contributed by atoms with Crippen molar-refractivity contribution in [3.05, 3.63) is 65.5 Å². The zero-order valence-corrected chi connectivity index (χ0v) is 17.1. The van der Waals surface area contributed by atoms with E-state index >= 15 is 0 Å². The van der Waals surface area contributed by atoms with E-state index in [-0.39, 0.29) is 5.25 Å². The molecule has 8 nitrogen and oxygen atoms in total. The molecule has 2 aromatic carbocycles. The first-order valence-electron chi connectivity index (χ1n) is 9.08. The van der Waals surface area contributed by atoms with Gasteiger partial charge >= 0.3 is 0 Å². The van der Waals surface area contributed by atoms with E-state index in [0.717, 1.165) is 22.4 Å². The van der Waals surface area contributed by atoms with Gasteiger partial charge in [0.05, 0.1) is 18.9 Å². The molecule has 4 rings (SSSR count). The molecule has 0 aliphatic rings. The van der Waals surface area contributed by atoms with Crippen LogP contribution in [0.5, 0.6) is 5.75 Å². The Balaban J connectivity index is 1.46. The van der Waals surface area contributed by atoms with Crippen molar-refractivity contribution in [2.75, 3.05) is 7.11 Å². The lowest BCUT2D eigenvalue weighted by molar-refractivity contribution is 0.414. The molecule has 0 amide bonds. The standard InChI is InChI=1S/C20H20N6O2S/c1-13-5-4-6-16(11-13)19-22-21-18(28-19)14(2)29-20-23-24-25-26(20)12-15-7-9-17(27-3)10-8-15/h4-11,14H,12H2,1-3H3. The van der Waals surface area contributed by atoms with Gasteiger partial charge in [-0.1, -0.05) is 41.6 Å². The third-order valence-electron chi connectivity index (χ3n) is 4.33. The highest BCUT2D eigenvalue weighted by Crippen LogP contribution is 2.34. The Morgan fingerprint density at radius 1 is 1.10 bits per heavy atom. The molecule has 0 radical (unpaired) electrons. The predicted molar refractivity (Wildman–Crippen MR) is 109 cm³/mol. The van der Waals surface area contributed by atoms with Gasteiger partial charge in [0, 0.05) is 5.56 Å². The number of nitrogens with zero attached hydrogens (tertiary/aromatic N) is 6. The molecule has 0 aliphatic carbocycles. The number of thioether (sulfide) groups is 1. The quantitative estimate of drug-likeness (QED) is 0.425. The monoisotopic (exact) mass is 408 g/mol. The van der Waals surface area contributed by atoms with Crippen molar-refractivity contribution in [1.82, 2.24) is 30.4 Å². The van der Waals surface area contributed by atoms with Gasteiger partial charge in [0.15, 0.2) is 0 Å². The molecule has 0 N–H and O–H groups in total. The third kappa shape index (κ3) is 4.45. The van der Waals surface area contributed by atoms with Crippen LogP contribution in [0, 0.1) is 6.92 Å². The number of methoxy groups -OCH3 is 1. The normalized spacial score (nSPS) is 12.1. The Hall–Kier alpha value is -3.20. The maximum Gasteiger partial charge on any atom is 0.247 e. The summed E-state index contributed by atoms with van der Waals surface area (Å²) in [5, 5.41) is 21.0. The van der Waals surface area contributed by atoms with E-state index in [0.29, 0.717) is 23.5 Å². The number of aromatic nitrogens is 6. The molecule has 9 heteroatoms. The highest BCUT2D eigenvalue weighted by Gasteiger charge is 2.20. The summed E-state index contributed by atoms with van der Waals surface area (Å²) in [6, 6.07) is 15.8. The van der Waals surface area contributed by atoms with Gasteiger partial charge in [-0.2, -0.15) is 0 Å². The van der Waals surface area contributed by atoms with E-state index in [2.05, 4.69) is 25.7 Å². The van der Waals surface area contributed by atoms with Gasteiger partial charge < -0.3 is 9.15 Å². The van der Waals surface area contributed by atoms with E-state index in [9.17, 15) is 0 Å². The van der Waals surface area contributed by atoms with E-state index in [4.69, 9.17) is 9.15 Å². The Bertz CT molecular complexity index is 1090. The Morgan fingerprint density at radius 3 is 2.69 bits per heavy atom. The van der Waals surface area contributed by atoms with E-state index in [1.54, 1.807) is 11.8 Å². The van der Waals surface area contributed by atoms with Crippen molar-refractivity contribution < 1.29 is 9.15 Å². The van der Waals surface area contributed by atoms with Crippen molar-refractivity contribution in [2.45, 2.75) is 30.8 Å². The molecule has 0 fully saturated rings. The number of aryl methyl sites for hydroxylation is 1. The fraction of sp³-hybridized carbons (Fsp3) is 0.250. The number of rotatable bonds is 7. The zero-order chi connectivity index (χ0) is 20.2. The zero-order valence-electron chi connectivity index (χ0n) is 16.3. The molecule has 148 valence electrons. The van der Waals surface area contributed by atoms with Gasteiger partial charge in [-0.3, -0.25) is 0 Å². The van der Waals surface area contributed by atoms with E-state index < -0.39 is 0 Å². The van der Waals surface area contributed by atoms with Crippen LogP contribution in [-0.2, 0) is 6.54 Å². The fourth-order valence-electron chi connectivity index (χ4n) is 2.79. The van der Waals surface area contributed by atoms with Crippen LogP contribution in [0.1, 0.15) is 29.2 Å². The number of ether oxygens (including phenoxy) is 1. The summed E-state index contributed by atoms with van der Waals surface area (Å²) in [4.78, 5) is 0. The van der Waals surface area contributed by atoms with Crippen LogP contribution in [0.4, 0.5) is 0 Å². The second-order valence-corrected chi connectivity index (χ2v) is 7.85. The fourth-order valence-corrected chi connectivity index (χ4v) is 3.60. The highest BCUT2D eigenvalue weighted by molar-refractivity contribution is 7.99. The number of tetrazole rings is 1. The smallest absolute Gasteiger partial charge is 0.247 e. The summed E-state index contributed by atoms with van der Waals surface area (Å²) >= 11 is 1.47. The van der Waals surface area contributed by atoms with E-state index in [1.807, 2.05) is 62.4 Å². The molecule has 1 atom stereocenters. The molecule has 2 aromatic heterocycles. The molecular weight excluding hydrogens is 388 g/mol. The van der Waals surface area contributed by atoms with Crippen molar-refractivity contribution in [1.29, 1.82) is 0 Å². The van der Waals surface area contributed by atoms with Crippen LogP contribution in [0.25, 0.3) is 11.5 Å². The lowest BCUT2D eigenvalue weighted by atomic mass is 10.1. The van der Waals surface area contributed by atoms with Crippen LogP contribution < -0.4 is 4.74 Å². The van der Waals surface area contributed by atoms with Gasteiger partial charge in [-0.15, -0.1) is 15.3 Å². The molecule has 1 unspecified atom stereocenters. The third-order valence-corrected chi connectivity index (χ3v) is 5.38. The van der Waals surface area contributed by atoms with Gasteiger partial charge in [-0.05, 0) is 54.1 Å². The molecule has 0 saturated heterocycles. The maximum atomic E-state index is 5.88. The molecule has 4 aromatic rings. The van der Waals surface area contributed by atoms with Crippen LogP contribution in [0.3, 0.4) is 0 Å². The summed E-state index contributed by atoms with van der Waals surface area (Å²) < 4.78 is 12.8. The minimum absolute atomic E-state index is 0.0957. The summed E-state index contributed by atoms with van der Waals surface area (Å²) in [7, 11) is 1.65. The topological polar surface area (TPSA) is 91.8 Å². The average Bonchev–Trinajstić information content (AvgIpc) is 3.39. The highest BCUT2D eigenvalue weighted by atomic mass is 32.2. The van der Waals surface area contributed by atoms with Crippen LogP contribution >= 0.6 is 11.8 Å². The Kier molecular flexibility index (Phi) is 5.57. The molecule has 0 aliphatic heterocycles. The van der Waals surface area contributed by atoms with E-state index in [1.165, 1.54) is 11.8 Å².